The van der Waals surface area contributed by atoms with Crippen molar-refractivity contribution in [3.63, 3.8) is 0 Å². The smallest absolute Gasteiger partial charge is 0.193 e. The standard InChI is InChI=1S/C11H18O3S/c1-3-13-11(14-4-2)10-6-5-9(15-10)7-8-12/h5-6,11-12H,3-4,7-8H2,1-2H3. The third-order valence-corrected chi connectivity index (χ3v) is 3.08. The second-order valence-corrected chi connectivity index (χ2v) is 4.22. The van der Waals surface area contributed by atoms with E-state index in [9.17, 15) is 0 Å². The number of hydrogen-bond acceptors (Lipinski definition) is 4. The Morgan fingerprint density at radius 1 is 1.27 bits per heavy atom. The molecule has 0 aromatic carbocycles. The second-order valence-electron chi connectivity index (χ2n) is 3.02. The highest BCUT2D eigenvalue weighted by Gasteiger charge is 2.13. The molecule has 4 heteroatoms. The van der Waals surface area contributed by atoms with Gasteiger partial charge in [-0.3, -0.25) is 0 Å². The van der Waals surface area contributed by atoms with Crippen LogP contribution in [0.4, 0.5) is 0 Å². The summed E-state index contributed by atoms with van der Waals surface area (Å²) in [7, 11) is 0. The summed E-state index contributed by atoms with van der Waals surface area (Å²) < 4.78 is 11.0. The molecule has 0 unspecified atom stereocenters. The molecule has 15 heavy (non-hydrogen) atoms. The van der Waals surface area contributed by atoms with Gasteiger partial charge >= 0.3 is 0 Å². The van der Waals surface area contributed by atoms with Crippen LogP contribution >= 0.6 is 11.3 Å². The van der Waals surface area contributed by atoms with Crippen LogP contribution in [-0.4, -0.2) is 24.9 Å². The fraction of sp³-hybridized carbons (Fsp3) is 0.636. The van der Waals surface area contributed by atoms with Crippen LogP contribution in [-0.2, 0) is 15.9 Å². The van der Waals surface area contributed by atoms with E-state index in [4.69, 9.17) is 14.6 Å². The number of aliphatic hydroxyl groups excluding tert-OH is 1. The summed E-state index contributed by atoms with van der Waals surface area (Å²) in [4.78, 5) is 2.24. The summed E-state index contributed by atoms with van der Waals surface area (Å²) in [5, 5.41) is 8.82. The van der Waals surface area contributed by atoms with Crippen molar-refractivity contribution in [2.75, 3.05) is 19.8 Å². The number of aliphatic hydroxyl groups is 1. The molecule has 1 heterocycles. The van der Waals surface area contributed by atoms with Crippen molar-refractivity contribution < 1.29 is 14.6 Å². The van der Waals surface area contributed by atoms with Crippen LogP contribution in [0.1, 0.15) is 29.9 Å². The lowest BCUT2D eigenvalue weighted by Gasteiger charge is -2.14. The van der Waals surface area contributed by atoms with Gasteiger partial charge in [0, 0.05) is 31.1 Å². The molecule has 0 aliphatic heterocycles. The molecule has 0 spiro atoms. The Morgan fingerprint density at radius 3 is 2.47 bits per heavy atom. The molecule has 1 aromatic heterocycles. The Labute approximate surface area is 94.6 Å². The van der Waals surface area contributed by atoms with E-state index < -0.39 is 0 Å². The molecule has 86 valence electrons. The molecule has 1 aromatic rings. The lowest BCUT2D eigenvalue weighted by Crippen LogP contribution is -2.06. The largest absolute Gasteiger partial charge is 0.396 e. The van der Waals surface area contributed by atoms with Crippen molar-refractivity contribution in [3.8, 4) is 0 Å². The quantitative estimate of drug-likeness (QED) is 0.731. The highest BCUT2D eigenvalue weighted by molar-refractivity contribution is 7.12. The molecule has 1 N–H and O–H groups in total. The minimum absolute atomic E-state index is 0.188. The second kappa shape index (κ2) is 6.95. The predicted octanol–water partition coefficient (Wildman–Crippen LogP) is 2.35. The average Bonchev–Trinajstić information content (AvgIpc) is 2.67. The van der Waals surface area contributed by atoms with Crippen LogP contribution < -0.4 is 0 Å². The van der Waals surface area contributed by atoms with Crippen LogP contribution in [0.5, 0.6) is 0 Å². The van der Waals surface area contributed by atoms with E-state index in [0.717, 1.165) is 9.75 Å². The van der Waals surface area contributed by atoms with E-state index in [2.05, 4.69) is 0 Å². The molecular weight excluding hydrogens is 212 g/mol. The van der Waals surface area contributed by atoms with Crippen LogP contribution in [0.15, 0.2) is 12.1 Å². The summed E-state index contributed by atoms with van der Waals surface area (Å²) in [5.74, 6) is 0. The first-order valence-electron chi connectivity index (χ1n) is 5.24. The van der Waals surface area contributed by atoms with Gasteiger partial charge in [0.2, 0.25) is 0 Å². The number of ether oxygens (including phenoxy) is 2. The fourth-order valence-electron chi connectivity index (χ4n) is 1.28. The summed E-state index contributed by atoms with van der Waals surface area (Å²) >= 11 is 1.64. The maximum Gasteiger partial charge on any atom is 0.193 e. The third-order valence-electron chi connectivity index (χ3n) is 1.91. The minimum atomic E-state index is -0.252. The van der Waals surface area contributed by atoms with Gasteiger partial charge < -0.3 is 14.6 Å². The third kappa shape index (κ3) is 3.91. The van der Waals surface area contributed by atoms with E-state index in [-0.39, 0.29) is 12.9 Å². The van der Waals surface area contributed by atoms with E-state index >= 15 is 0 Å². The van der Waals surface area contributed by atoms with E-state index in [1.807, 2.05) is 26.0 Å². The molecule has 0 saturated carbocycles. The summed E-state index contributed by atoms with van der Waals surface area (Å²) in [6.45, 7) is 5.37. The first-order chi connectivity index (χ1) is 7.31. The molecular formula is C11H18O3S. The molecule has 0 aliphatic rings. The van der Waals surface area contributed by atoms with Gasteiger partial charge in [-0.1, -0.05) is 0 Å². The predicted molar refractivity (Wildman–Crippen MR) is 61.1 cm³/mol. The van der Waals surface area contributed by atoms with Crippen LogP contribution in [0.2, 0.25) is 0 Å². The van der Waals surface area contributed by atoms with Crippen molar-refractivity contribution in [1.82, 2.24) is 0 Å². The SMILES string of the molecule is CCOC(OCC)c1ccc(CCO)s1. The molecule has 0 radical (unpaired) electrons. The van der Waals surface area contributed by atoms with Gasteiger partial charge in [-0.05, 0) is 26.0 Å². The van der Waals surface area contributed by atoms with Crippen molar-refractivity contribution in [2.45, 2.75) is 26.6 Å². The zero-order chi connectivity index (χ0) is 11.1. The summed E-state index contributed by atoms with van der Waals surface area (Å²) in [5.41, 5.74) is 0. The highest BCUT2D eigenvalue weighted by atomic mass is 32.1. The Balaban J connectivity index is 2.63. The van der Waals surface area contributed by atoms with Gasteiger partial charge in [0.1, 0.15) is 0 Å². The molecule has 3 nitrogen and oxygen atoms in total. The average molecular weight is 230 g/mol. The van der Waals surface area contributed by atoms with Gasteiger partial charge in [-0.2, -0.15) is 0 Å². The summed E-state index contributed by atoms with van der Waals surface area (Å²) in [6, 6.07) is 4.02. The van der Waals surface area contributed by atoms with Gasteiger partial charge in [-0.15, -0.1) is 11.3 Å². The van der Waals surface area contributed by atoms with Crippen LogP contribution in [0, 0.1) is 0 Å². The maximum absolute atomic E-state index is 8.82. The van der Waals surface area contributed by atoms with Crippen LogP contribution in [0.25, 0.3) is 0 Å². The molecule has 0 amide bonds. The first kappa shape index (κ1) is 12.6. The molecule has 0 aliphatic carbocycles. The van der Waals surface area contributed by atoms with Crippen molar-refractivity contribution in [1.29, 1.82) is 0 Å². The Bertz CT molecular complexity index is 267. The number of thiophene rings is 1. The molecule has 1 rings (SSSR count). The van der Waals surface area contributed by atoms with Gasteiger partial charge in [0.15, 0.2) is 6.29 Å². The first-order valence-corrected chi connectivity index (χ1v) is 6.06. The van der Waals surface area contributed by atoms with E-state index in [1.54, 1.807) is 11.3 Å². The normalized spacial score (nSPS) is 11.2. The van der Waals surface area contributed by atoms with Gasteiger partial charge in [0.25, 0.3) is 0 Å². The number of hydrogen-bond donors (Lipinski definition) is 1. The molecule has 0 atom stereocenters. The molecule has 0 saturated heterocycles. The highest BCUT2D eigenvalue weighted by Crippen LogP contribution is 2.27. The Hall–Kier alpha value is -0.420. The fourth-order valence-corrected chi connectivity index (χ4v) is 2.28. The van der Waals surface area contributed by atoms with Crippen LogP contribution in [0.3, 0.4) is 0 Å². The summed E-state index contributed by atoms with van der Waals surface area (Å²) in [6.07, 6.45) is 0.452. The Kier molecular flexibility index (Phi) is 5.86. The maximum atomic E-state index is 8.82. The topological polar surface area (TPSA) is 38.7 Å². The Morgan fingerprint density at radius 2 is 1.93 bits per heavy atom. The lowest BCUT2D eigenvalue weighted by atomic mass is 10.3. The number of rotatable bonds is 7. The van der Waals surface area contributed by atoms with Crippen molar-refractivity contribution >= 4 is 11.3 Å². The molecule has 0 bridgehead atoms. The monoisotopic (exact) mass is 230 g/mol. The zero-order valence-electron chi connectivity index (χ0n) is 9.23. The zero-order valence-corrected chi connectivity index (χ0v) is 10.0. The van der Waals surface area contributed by atoms with Crippen molar-refractivity contribution in [3.05, 3.63) is 21.9 Å². The molecule has 0 fully saturated rings. The van der Waals surface area contributed by atoms with E-state index in [0.29, 0.717) is 19.6 Å². The van der Waals surface area contributed by atoms with Gasteiger partial charge in [-0.25, -0.2) is 0 Å². The van der Waals surface area contributed by atoms with E-state index in [1.165, 1.54) is 0 Å². The minimum Gasteiger partial charge on any atom is -0.396 e. The van der Waals surface area contributed by atoms with Crippen molar-refractivity contribution in [2.24, 2.45) is 0 Å². The van der Waals surface area contributed by atoms with Gasteiger partial charge in [0.05, 0.1) is 4.88 Å². The lowest BCUT2D eigenvalue weighted by molar-refractivity contribution is -0.138.